The Labute approximate surface area is 159 Å². The molecule has 7 nitrogen and oxygen atoms in total. The first-order chi connectivity index (χ1) is 12.9. The number of fused-ring (bicyclic) bond motifs is 1. The van der Waals surface area contributed by atoms with Crippen LogP contribution in [0.25, 0.3) is 0 Å². The molecule has 0 aliphatic carbocycles. The van der Waals surface area contributed by atoms with E-state index in [4.69, 9.17) is 5.73 Å². The number of nitrogens with two attached hydrogens (primary N) is 1. The van der Waals surface area contributed by atoms with E-state index in [0.717, 1.165) is 17.5 Å². The van der Waals surface area contributed by atoms with Crippen molar-refractivity contribution in [2.24, 2.45) is 11.7 Å². The van der Waals surface area contributed by atoms with Crippen molar-refractivity contribution in [3.63, 3.8) is 0 Å². The second-order valence-electron chi connectivity index (χ2n) is 7.79. The third-order valence-electron chi connectivity index (χ3n) is 5.26. The standard InChI is InChI=1S/C20H28N4O3/c1-12(2)8-15(9-21)22-10-13-4-3-5-14-11-24(20(27)18(13)14)16-6-7-17(25)23-19(16)26/h3-5,12,15-16,22H,6-11,21H2,1-2H3,(H,23,25,26)/t15-,16?/m0/s1. The van der Waals surface area contributed by atoms with Crippen LogP contribution in [-0.2, 0) is 22.7 Å². The minimum absolute atomic E-state index is 0.134. The van der Waals surface area contributed by atoms with Gasteiger partial charge in [-0.05, 0) is 29.9 Å². The average molecular weight is 372 g/mol. The fourth-order valence-electron chi connectivity index (χ4n) is 3.92. The molecule has 2 aliphatic heterocycles. The number of nitrogens with one attached hydrogen (secondary N) is 2. The molecule has 3 rings (SSSR count). The monoisotopic (exact) mass is 372 g/mol. The molecule has 2 atom stereocenters. The molecule has 7 heteroatoms. The average Bonchev–Trinajstić information content (AvgIpc) is 2.95. The lowest BCUT2D eigenvalue weighted by Crippen LogP contribution is -2.52. The molecule has 0 radical (unpaired) electrons. The molecular weight excluding hydrogens is 344 g/mol. The highest BCUT2D eigenvalue weighted by Crippen LogP contribution is 2.29. The van der Waals surface area contributed by atoms with Crippen molar-refractivity contribution in [2.75, 3.05) is 6.54 Å². The molecule has 1 fully saturated rings. The maximum Gasteiger partial charge on any atom is 0.255 e. The van der Waals surface area contributed by atoms with Crippen molar-refractivity contribution in [1.82, 2.24) is 15.5 Å². The van der Waals surface area contributed by atoms with Crippen LogP contribution in [0.1, 0.15) is 54.6 Å². The number of imide groups is 1. The number of piperidine rings is 1. The van der Waals surface area contributed by atoms with Gasteiger partial charge in [-0.2, -0.15) is 0 Å². The fourth-order valence-corrected chi connectivity index (χ4v) is 3.92. The van der Waals surface area contributed by atoms with E-state index in [1.807, 2.05) is 18.2 Å². The van der Waals surface area contributed by atoms with Crippen molar-refractivity contribution in [2.45, 2.75) is 58.3 Å². The summed E-state index contributed by atoms with van der Waals surface area (Å²) < 4.78 is 0. The van der Waals surface area contributed by atoms with Crippen LogP contribution in [0.5, 0.6) is 0 Å². The van der Waals surface area contributed by atoms with Gasteiger partial charge in [-0.15, -0.1) is 0 Å². The Balaban J connectivity index is 1.74. The van der Waals surface area contributed by atoms with E-state index in [2.05, 4.69) is 24.5 Å². The van der Waals surface area contributed by atoms with Gasteiger partial charge in [0.1, 0.15) is 6.04 Å². The van der Waals surface area contributed by atoms with Crippen LogP contribution in [0.15, 0.2) is 18.2 Å². The zero-order chi connectivity index (χ0) is 19.6. The Morgan fingerprint density at radius 1 is 1.30 bits per heavy atom. The van der Waals surface area contributed by atoms with Crippen LogP contribution in [0.3, 0.4) is 0 Å². The first kappa shape index (κ1) is 19.5. The number of benzene rings is 1. The second kappa shape index (κ2) is 8.19. The summed E-state index contributed by atoms with van der Waals surface area (Å²) in [6, 6.07) is 5.43. The predicted octanol–water partition coefficient (Wildman–Crippen LogP) is 0.911. The van der Waals surface area contributed by atoms with E-state index in [9.17, 15) is 14.4 Å². The Hall–Kier alpha value is -2.25. The normalized spacial score (nSPS) is 20.8. The number of amides is 3. The van der Waals surface area contributed by atoms with E-state index in [0.29, 0.717) is 37.5 Å². The molecule has 4 N–H and O–H groups in total. The molecular formula is C20H28N4O3. The van der Waals surface area contributed by atoms with Crippen LogP contribution in [0, 0.1) is 5.92 Å². The summed E-state index contributed by atoms with van der Waals surface area (Å²) in [6.45, 7) is 5.83. The second-order valence-corrected chi connectivity index (χ2v) is 7.79. The van der Waals surface area contributed by atoms with Crippen molar-refractivity contribution in [3.05, 3.63) is 34.9 Å². The lowest BCUT2D eigenvalue weighted by molar-refractivity contribution is -0.136. The fraction of sp³-hybridized carbons (Fsp3) is 0.550. The summed E-state index contributed by atoms with van der Waals surface area (Å²) in [5.74, 6) is -0.252. The van der Waals surface area contributed by atoms with Crippen LogP contribution in [0.2, 0.25) is 0 Å². The van der Waals surface area contributed by atoms with Gasteiger partial charge in [0, 0.05) is 37.7 Å². The lowest BCUT2D eigenvalue weighted by atomic mass is 10.0. The van der Waals surface area contributed by atoms with Gasteiger partial charge in [0.15, 0.2) is 0 Å². The van der Waals surface area contributed by atoms with Crippen LogP contribution in [0.4, 0.5) is 0 Å². The third-order valence-corrected chi connectivity index (χ3v) is 5.26. The SMILES string of the molecule is CC(C)C[C@@H](CN)NCc1cccc2c1C(=O)N(C1CCC(=O)NC1=O)C2. The van der Waals surface area contributed by atoms with Gasteiger partial charge in [0.2, 0.25) is 11.8 Å². The molecule has 2 aliphatic rings. The molecule has 1 aromatic rings. The van der Waals surface area contributed by atoms with Crippen LogP contribution >= 0.6 is 0 Å². The molecule has 146 valence electrons. The van der Waals surface area contributed by atoms with E-state index in [-0.39, 0.29) is 30.2 Å². The van der Waals surface area contributed by atoms with E-state index < -0.39 is 6.04 Å². The van der Waals surface area contributed by atoms with Gasteiger partial charge in [-0.3, -0.25) is 19.7 Å². The van der Waals surface area contributed by atoms with E-state index >= 15 is 0 Å². The summed E-state index contributed by atoms with van der Waals surface area (Å²) in [5.41, 5.74) is 8.39. The molecule has 0 spiro atoms. The third kappa shape index (κ3) is 4.20. The minimum atomic E-state index is -0.582. The van der Waals surface area contributed by atoms with Gasteiger partial charge in [0.05, 0.1) is 0 Å². The van der Waals surface area contributed by atoms with Gasteiger partial charge < -0.3 is 16.0 Å². The van der Waals surface area contributed by atoms with Gasteiger partial charge in [0.25, 0.3) is 5.91 Å². The highest BCUT2D eigenvalue weighted by molar-refractivity contribution is 6.05. The number of nitrogens with zero attached hydrogens (tertiary/aromatic N) is 1. The minimum Gasteiger partial charge on any atom is -0.329 e. The maximum absolute atomic E-state index is 13.0. The Kier molecular flexibility index (Phi) is 5.92. The van der Waals surface area contributed by atoms with Crippen molar-refractivity contribution < 1.29 is 14.4 Å². The first-order valence-corrected chi connectivity index (χ1v) is 9.59. The highest BCUT2D eigenvalue weighted by Gasteiger charge is 2.39. The van der Waals surface area contributed by atoms with Gasteiger partial charge >= 0.3 is 0 Å². The first-order valence-electron chi connectivity index (χ1n) is 9.59. The Morgan fingerprint density at radius 2 is 2.07 bits per heavy atom. The number of carbonyl (C=O) groups excluding carboxylic acids is 3. The molecule has 0 saturated carbocycles. The predicted molar refractivity (Wildman–Crippen MR) is 102 cm³/mol. The molecule has 3 amide bonds. The molecule has 1 saturated heterocycles. The van der Waals surface area contributed by atoms with Crippen molar-refractivity contribution >= 4 is 17.7 Å². The Bertz CT molecular complexity index is 747. The quantitative estimate of drug-likeness (QED) is 0.617. The zero-order valence-electron chi connectivity index (χ0n) is 16.0. The molecule has 2 heterocycles. The van der Waals surface area contributed by atoms with Gasteiger partial charge in [-0.25, -0.2) is 0 Å². The number of carbonyl (C=O) groups is 3. The number of hydrogen-bond acceptors (Lipinski definition) is 5. The summed E-state index contributed by atoms with van der Waals surface area (Å²) in [6.07, 6.45) is 1.61. The molecule has 0 bridgehead atoms. The van der Waals surface area contributed by atoms with Crippen LogP contribution < -0.4 is 16.4 Å². The molecule has 27 heavy (non-hydrogen) atoms. The topological polar surface area (TPSA) is 105 Å². The Morgan fingerprint density at radius 3 is 2.74 bits per heavy atom. The number of hydrogen-bond donors (Lipinski definition) is 3. The van der Waals surface area contributed by atoms with Crippen LogP contribution in [-0.4, -0.2) is 41.2 Å². The molecule has 1 unspecified atom stereocenters. The molecule has 1 aromatic carbocycles. The molecule has 0 aromatic heterocycles. The summed E-state index contributed by atoms with van der Waals surface area (Å²) in [4.78, 5) is 38.2. The van der Waals surface area contributed by atoms with Crippen molar-refractivity contribution in [3.8, 4) is 0 Å². The number of rotatable bonds is 7. The van der Waals surface area contributed by atoms with Crippen molar-refractivity contribution in [1.29, 1.82) is 0 Å². The summed E-state index contributed by atoms with van der Waals surface area (Å²) >= 11 is 0. The smallest absolute Gasteiger partial charge is 0.255 e. The zero-order valence-corrected chi connectivity index (χ0v) is 16.0. The summed E-state index contributed by atoms with van der Waals surface area (Å²) in [7, 11) is 0. The highest BCUT2D eigenvalue weighted by atomic mass is 16.2. The van der Waals surface area contributed by atoms with E-state index in [1.54, 1.807) is 4.90 Å². The van der Waals surface area contributed by atoms with E-state index in [1.165, 1.54) is 0 Å². The summed E-state index contributed by atoms with van der Waals surface area (Å²) in [5, 5.41) is 5.79. The maximum atomic E-state index is 13.0. The van der Waals surface area contributed by atoms with Gasteiger partial charge in [-0.1, -0.05) is 32.0 Å². The largest absolute Gasteiger partial charge is 0.329 e. The lowest BCUT2D eigenvalue weighted by Gasteiger charge is -2.29.